The average molecular weight is 375 g/mol. The highest BCUT2D eigenvalue weighted by atomic mass is 35.5. The van der Waals surface area contributed by atoms with E-state index in [0.717, 1.165) is 5.75 Å². The summed E-state index contributed by atoms with van der Waals surface area (Å²) in [6.45, 7) is 0.597. The van der Waals surface area contributed by atoms with Crippen molar-refractivity contribution in [3.8, 4) is 5.75 Å². The second-order valence-corrected chi connectivity index (χ2v) is 6.42. The highest BCUT2D eigenvalue weighted by Gasteiger charge is 2.28. The van der Waals surface area contributed by atoms with Crippen LogP contribution in [0.5, 0.6) is 5.75 Å². The number of fused-ring (bicyclic) bond motifs is 1. The van der Waals surface area contributed by atoms with Crippen LogP contribution in [0.1, 0.15) is 5.82 Å². The molecule has 23 heavy (non-hydrogen) atoms. The molecule has 1 amide bonds. The lowest BCUT2D eigenvalue weighted by molar-refractivity contribution is 0.169. The Hall–Kier alpha value is -1.64. The molecule has 1 aliphatic rings. The Kier molecular flexibility index (Phi) is 4.84. The number of carbonyl (C=O) groups is 1. The number of thioether (sulfide) groups is 1. The van der Waals surface area contributed by atoms with Crippen molar-refractivity contribution in [2.75, 3.05) is 24.4 Å². The fraction of sp³-hybridized carbons (Fsp3) is 0.308. The lowest BCUT2D eigenvalue weighted by atomic mass is 10.3. The third-order valence-corrected chi connectivity index (χ3v) is 4.52. The van der Waals surface area contributed by atoms with Crippen molar-refractivity contribution in [1.82, 2.24) is 14.9 Å². The zero-order valence-corrected chi connectivity index (χ0v) is 14.4. The van der Waals surface area contributed by atoms with Crippen LogP contribution in [0.2, 0.25) is 10.0 Å². The first kappa shape index (κ1) is 16.2. The minimum absolute atomic E-state index is 0.0996. The van der Waals surface area contributed by atoms with E-state index in [4.69, 9.17) is 32.7 Å². The molecule has 3 rings (SSSR count). The quantitative estimate of drug-likeness (QED) is 0.822. The van der Waals surface area contributed by atoms with Crippen LogP contribution in [0.4, 0.5) is 4.79 Å². The lowest BCUT2D eigenvalue weighted by Crippen LogP contribution is -2.45. The Morgan fingerprint density at radius 1 is 1.39 bits per heavy atom. The molecular formula is C13H12Cl2N4O3S. The molecule has 0 saturated heterocycles. The maximum atomic E-state index is 11.9. The van der Waals surface area contributed by atoms with E-state index in [9.17, 15) is 4.79 Å². The summed E-state index contributed by atoms with van der Waals surface area (Å²) in [6, 6.07) is 4.94. The van der Waals surface area contributed by atoms with E-state index in [1.54, 1.807) is 22.9 Å². The lowest BCUT2D eigenvalue weighted by Gasteiger charge is -2.27. The van der Waals surface area contributed by atoms with E-state index < -0.39 is 6.09 Å². The molecule has 0 unspecified atom stereocenters. The van der Waals surface area contributed by atoms with Crippen molar-refractivity contribution in [3.63, 3.8) is 0 Å². The van der Waals surface area contributed by atoms with Crippen LogP contribution in [-0.4, -0.2) is 40.4 Å². The summed E-state index contributed by atoms with van der Waals surface area (Å²) < 4.78 is 12.1. The van der Waals surface area contributed by atoms with Crippen molar-refractivity contribution in [2.45, 2.75) is 11.8 Å². The number of aromatic nitrogens is 3. The molecule has 2 aromatic rings. The molecule has 0 atom stereocenters. The van der Waals surface area contributed by atoms with Crippen LogP contribution in [0, 0.1) is 0 Å². The van der Waals surface area contributed by atoms with E-state index in [-0.39, 0.29) is 6.61 Å². The number of hydrogen-bond acceptors (Lipinski definition) is 6. The Bertz CT molecular complexity index is 740. The van der Waals surface area contributed by atoms with Crippen molar-refractivity contribution in [2.24, 2.45) is 0 Å². The number of ether oxygens (including phenoxy) is 2. The normalized spacial score (nSPS) is 13.6. The number of carbonyl (C=O) groups excluding carboxylic acids is 1. The third kappa shape index (κ3) is 3.34. The second kappa shape index (κ2) is 6.86. The first-order valence-electron chi connectivity index (χ1n) is 6.61. The molecule has 10 heteroatoms. The van der Waals surface area contributed by atoms with E-state index in [2.05, 4.69) is 10.2 Å². The molecule has 0 spiro atoms. The predicted octanol–water partition coefficient (Wildman–Crippen LogP) is 2.97. The Morgan fingerprint density at radius 3 is 2.96 bits per heavy atom. The van der Waals surface area contributed by atoms with Gasteiger partial charge < -0.3 is 9.47 Å². The van der Waals surface area contributed by atoms with E-state index in [1.807, 2.05) is 0 Å². The summed E-state index contributed by atoms with van der Waals surface area (Å²) in [4.78, 5) is 11.9. The van der Waals surface area contributed by atoms with E-state index >= 15 is 0 Å². The summed E-state index contributed by atoms with van der Waals surface area (Å²) in [5.41, 5.74) is 0. The van der Waals surface area contributed by atoms with Gasteiger partial charge in [-0.1, -0.05) is 35.0 Å². The molecule has 0 bridgehead atoms. The van der Waals surface area contributed by atoms with Crippen LogP contribution in [-0.2, 0) is 11.3 Å². The number of halogens is 2. The first-order chi connectivity index (χ1) is 11.1. The van der Waals surface area contributed by atoms with E-state index in [0.29, 0.717) is 33.3 Å². The Labute approximate surface area is 146 Å². The minimum Gasteiger partial charge on any atom is -0.484 e. The van der Waals surface area contributed by atoms with Gasteiger partial charge in [-0.3, -0.25) is 0 Å². The van der Waals surface area contributed by atoms with Crippen molar-refractivity contribution >= 4 is 41.1 Å². The second-order valence-electron chi connectivity index (χ2n) is 4.52. The fourth-order valence-electron chi connectivity index (χ4n) is 2.05. The highest BCUT2D eigenvalue weighted by molar-refractivity contribution is 7.99. The zero-order chi connectivity index (χ0) is 16.4. The number of amides is 1. The van der Waals surface area contributed by atoms with Gasteiger partial charge in [-0.2, -0.15) is 0 Å². The molecule has 1 aromatic heterocycles. The summed E-state index contributed by atoms with van der Waals surface area (Å²) in [6.07, 6.45) is -0.475. The van der Waals surface area contributed by atoms with Gasteiger partial charge in [0, 0.05) is 10.8 Å². The monoisotopic (exact) mass is 374 g/mol. The molecule has 122 valence electrons. The number of nitrogens with zero attached hydrogens (tertiary/aromatic N) is 4. The molecule has 0 aliphatic carbocycles. The largest absolute Gasteiger partial charge is 0.484 e. The van der Waals surface area contributed by atoms with Crippen molar-refractivity contribution in [3.05, 3.63) is 34.1 Å². The fourth-order valence-corrected chi connectivity index (χ4v) is 3.39. The Balaban J connectivity index is 1.82. The van der Waals surface area contributed by atoms with Crippen LogP contribution < -0.4 is 9.75 Å². The van der Waals surface area contributed by atoms with Gasteiger partial charge in [-0.15, -0.1) is 10.2 Å². The number of methoxy groups -OCH3 is 1. The minimum atomic E-state index is -0.475. The standard InChI is InChI=1S/C13H12Cl2N4O3S/c1-21-13(20)18-4-5-23-12-17-16-11(19(12)18)7-22-10-3-2-8(14)6-9(10)15/h2-3,6H,4-5,7H2,1H3. The SMILES string of the molecule is COC(=O)N1CCSc2nnc(COc3ccc(Cl)cc3Cl)n21. The topological polar surface area (TPSA) is 69.5 Å². The number of rotatable bonds is 3. The van der Waals surface area contributed by atoms with Gasteiger partial charge in [0.1, 0.15) is 12.4 Å². The van der Waals surface area contributed by atoms with Crippen LogP contribution >= 0.6 is 35.0 Å². The zero-order valence-electron chi connectivity index (χ0n) is 12.0. The summed E-state index contributed by atoms with van der Waals surface area (Å²) in [5.74, 6) is 1.67. The molecule has 1 aromatic carbocycles. The van der Waals surface area contributed by atoms with Crippen LogP contribution in [0.3, 0.4) is 0 Å². The van der Waals surface area contributed by atoms with Crippen LogP contribution in [0.15, 0.2) is 23.4 Å². The molecule has 2 heterocycles. The summed E-state index contributed by atoms with van der Waals surface area (Å²) >= 11 is 13.4. The molecule has 0 fully saturated rings. The first-order valence-corrected chi connectivity index (χ1v) is 8.35. The summed E-state index contributed by atoms with van der Waals surface area (Å²) in [5, 5.41) is 11.1. The van der Waals surface area contributed by atoms with Crippen molar-refractivity contribution < 1.29 is 14.3 Å². The molecular weight excluding hydrogens is 363 g/mol. The predicted molar refractivity (Wildman–Crippen MR) is 87.0 cm³/mol. The van der Waals surface area contributed by atoms with Gasteiger partial charge in [-0.25, -0.2) is 14.5 Å². The molecule has 1 aliphatic heterocycles. The molecule has 0 N–H and O–H groups in total. The van der Waals surface area contributed by atoms with Gasteiger partial charge in [0.2, 0.25) is 5.16 Å². The molecule has 0 radical (unpaired) electrons. The number of hydrogen-bond donors (Lipinski definition) is 0. The Morgan fingerprint density at radius 2 is 2.22 bits per heavy atom. The molecule has 7 nitrogen and oxygen atoms in total. The number of benzene rings is 1. The average Bonchev–Trinajstić information content (AvgIpc) is 2.96. The highest BCUT2D eigenvalue weighted by Crippen LogP contribution is 2.29. The van der Waals surface area contributed by atoms with Gasteiger partial charge in [0.25, 0.3) is 0 Å². The molecule has 0 saturated carbocycles. The summed E-state index contributed by atoms with van der Waals surface area (Å²) in [7, 11) is 1.33. The van der Waals surface area contributed by atoms with Crippen molar-refractivity contribution in [1.29, 1.82) is 0 Å². The van der Waals surface area contributed by atoms with Crippen LogP contribution in [0.25, 0.3) is 0 Å². The van der Waals surface area contributed by atoms with Gasteiger partial charge in [-0.05, 0) is 18.2 Å². The maximum Gasteiger partial charge on any atom is 0.428 e. The van der Waals surface area contributed by atoms with Gasteiger partial charge in [0.05, 0.1) is 18.7 Å². The third-order valence-electron chi connectivity index (χ3n) is 3.09. The van der Waals surface area contributed by atoms with Gasteiger partial charge in [0.15, 0.2) is 5.82 Å². The van der Waals surface area contributed by atoms with Gasteiger partial charge >= 0.3 is 6.09 Å². The smallest absolute Gasteiger partial charge is 0.428 e. The van der Waals surface area contributed by atoms with E-state index in [1.165, 1.54) is 23.9 Å². The maximum absolute atomic E-state index is 11.9.